The van der Waals surface area contributed by atoms with Gasteiger partial charge >= 0.3 is 0 Å². The normalized spacial score (nSPS) is 13.2. The summed E-state index contributed by atoms with van der Waals surface area (Å²) in [5.41, 5.74) is 8.66. The van der Waals surface area contributed by atoms with E-state index in [9.17, 15) is 0 Å². The van der Waals surface area contributed by atoms with Crippen LogP contribution in [0.2, 0.25) is 0 Å². The smallest absolute Gasteiger partial charge is 0.0497 e. The van der Waals surface area contributed by atoms with Crippen LogP contribution in [0.25, 0.3) is 32.6 Å². The topological polar surface area (TPSA) is 4.93 Å². The minimum atomic E-state index is 0.993. The van der Waals surface area contributed by atoms with Gasteiger partial charge in [-0.15, -0.1) is 0 Å². The van der Waals surface area contributed by atoms with Crippen molar-refractivity contribution in [2.24, 2.45) is 0 Å². The first-order chi connectivity index (χ1) is 13.3. The molecular formula is C26H21N. The van der Waals surface area contributed by atoms with Crippen LogP contribution in [0.3, 0.4) is 0 Å². The molecule has 1 aliphatic rings. The summed E-state index contributed by atoms with van der Waals surface area (Å²) in [6.45, 7) is 3.24. The lowest BCUT2D eigenvalue weighted by Crippen LogP contribution is -2.07. The summed E-state index contributed by atoms with van der Waals surface area (Å²) < 4.78 is 2.46. The molecule has 0 saturated carbocycles. The summed E-state index contributed by atoms with van der Waals surface area (Å²) in [7, 11) is 0. The fourth-order valence-corrected chi connectivity index (χ4v) is 4.99. The average Bonchev–Trinajstić information content (AvgIpc) is 3.03. The molecule has 130 valence electrons. The van der Waals surface area contributed by atoms with Crippen molar-refractivity contribution in [2.75, 3.05) is 0 Å². The zero-order valence-electron chi connectivity index (χ0n) is 15.5. The van der Waals surface area contributed by atoms with Crippen molar-refractivity contribution in [1.82, 2.24) is 4.57 Å². The van der Waals surface area contributed by atoms with Crippen molar-refractivity contribution in [2.45, 2.75) is 26.3 Å². The van der Waals surface area contributed by atoms with Gasteiger partial charge in [0.25, 0.3) is 0 Å². The van der Waals surface area contributed by atoms with Gasteiger partial charge in [0.05, 0.1) is 0 Å². The third-order valence-electron chi connectivity index (χ3n) is 6.30. The second-order valence-electron chi connectivity index (χ2n) is 7.68. The number of nitrogens with zero attached hydrogens (tertiary/aromatic N) is 1. The molecule has 1 heterocycles. The maximum absolute atomic E-state index is 2.46. The Morgan fingerprint density at radius 3 is 2.30 bits per heavy atom. The largest absolute Gasteiger partial charge is 0.341 e. The first-order valence-corrected chi connectivity index (χ1v) is 9.85. The van der Waals surface area contributed by atoms with Gasteiger partial charge in [0.2, 0.25) is 0 Å². The third-order valence-corrected chi connectivity index (χ3v) is 6.30. The van der Waals surface area contributed by atoms with Crippen molar-refractivity contribution in [3.63, 3.8) is 0 Å². The predicted molar refractivity (Wildman–Crippen MR) is 115 cm³/mol. The van der Waals surface area contributed by atoms with E-state index in [-0.39, 0.29) is 0 Å². The predicted octanol–water partition coefficient (Wildman–Crippen LogP) is 6.46. The summed E-state index contributed by atoms with van der Waals surface area (Å²) >= 11 is 0. The molecule has 0 bridgehead atoms. The highest BCUT2D eigenvalue weighted by molar-refractivity contribution is 6.13. The molecule has 0 spiro atoms. The van der Waals surface area contributed by atoms with Crippen LogP contribution in [0.1, 0.15) is 29.2 Å². The van der Waals surface area contributed by atoms with Crippen LogP contribution < -0.4 is 0 Å². The molecule has 0 unspecified atom stereocenters. The summed E-state index contributed by atoms with van der Waals surface area (Å²) in [5, 5.41) is 5.52. The van der Waals surface area contributed by atoms with Crippen molar-refractivity contribution in [3.8, 4) is 0 Å². The zero-order chi connectivity index (χ0) is 18.0. The zero-order valence-corrected chi connectivity index (χ0v) is 15.5. The summed E-state index contributed by atoms with van der Waals surface area (Å²) in [4.78, 5) is 0. The first-order valence-electron chi connectivity index (χ1n) is 9.85. The molecule has 1 aromatic heterocycles. The van der Waals surface area contributed by atoms with Gasteiger partial charge < -0.3 is 4.57 Å². The molecule has 4 aromatic carbocycles. The Bertz CT molecular complexity index is 1350. The Balaban J connectivity index is 1.69. The number of hydrogen-bond donors (Lipinski definition) is 0. The molecule has 0 N–H and O–H groups in total. The van der Waals surface area contributed by atoms with Crippen molar-refractivity contribution in [1.29, 1.82) is 0 Å². The minimum Gasteiger partial charge on any atom is -0.341 e. The van der Waals surface area contributed by atoms with Gasteiger partial charge in [-0.05, 0) is 71.0 Å². The van der Waals surface area contributed by atoms with Crippen LogP contribution in [0.5, 0.6) is 0 Å². The molecule has 0 aliphatic heterocycles. The third kappa shape index (κ3) is 2.06. The molecule has 1 aliphatic carbocycles. The van der Waals surface area contributed by atoms with Gasteiger partial charge in [0, 0.05) is 28.4 Å². The number of aryl methyl sites for hydroxylation is 1. The Labute approximate surface area is 158 Å². The SMILES string of the molecule is CCn1c2ccccc2c2cc3ccc4c(c3cc21)Cc1ccccc1C4. The lowest BCUT2D eigenvalue weighted by atomic mass is 9.83. The molecule has 0 fully saturated rings. The molecule has 0 amide bonds. The van der Waals surface area contributed by atoms with E-state index in [4.69, 9.17) is 0 Å². The molecule has 0 atom stereocenters. The van der Waals surface area contributed by atoms with Crippen LogP contribution in [0.15, 0.2) is 72.8 Å². The molecular weight excluding hydrogens is 326 g/mol. The minimum absolute atomic E-state index is 0.993. The fourth-order valence-electron chi connectivity index (χ4n) is 4.99. The van der Waals surface area contributed by atoms with E-state index in [1.165, 1.54) is 54.8 Å². The fraction of sp³-hybridized carbons (Fsp3) is 0.154. The Hall–Kier alpha value is -3.06. The highest BCUT2D eigenvalue weighted by Gasteiger charge is 2.18. The average molecular weight is 347 g/mol. The van der Waals surface area contributed by atoms with Gasteiger partial charge in [-0.2, -0.15) is 0 Å². The van der Waals surface area contributed by atoms with Crippen molar-refractivity contribution >= 4 is 32.6 Å². The quantitative estimate of drug-likeness (QED) is 0.321. The van der Waals surface area contributed by atoms with E-state index in [0.717, 1.165) is 19.4 Å². The van der Waals surface area contributed by atoms with E-state index in [0.29, 0.717) is 0 Å². The number of aromatic nitrogens is 1. The van der Waals surface area contributed by atoms with Gasteiger partial charge in [0.1, 0.15) is 0 Å². The van der Waals surface area contributed by atoms with Gasteiger partial charge in [0.15, 0.2) is 0 Å². The van der Waals surface area contributed by atoms with Gasteiger partial charge in [-0.25, -0.2) is 0 Å². The molecule has 5 aromatic rings. The first kappa shape index (κ1) is 15.0. The molecule has 6 rings (SSSR count). The van der Waals surface area contributed by atoms with Gasteiger partial charge in [-0.1, -0.05) is 54.6 Å². The Morgan fingerprint density at radius 2 is 1.44 bits per heavy atom. The van der Waals surface area contributed by atoms with E-state index in [2.05, 4.69) is 84.3 Å². The molecule has 1 heteroatoms. The number of hydrogen-bond acceptors (Lipinski definition) is 0. The Kier molecular flexibility index (Phi) is 3.05. The second kappa shape index (κ2) is 5.47. The molecule has 1 nitrogen and oxygen atoms in total. The maximum Gasteiger partial charge on any atom is 0.0497 e. The van der Waals surface area contributed by atoms with E-state index < -0.39 is 0 Å². The van der Waals surface area contributed by atoms with E-state index >= 15 is 0 Å². The number of para-hydroxylation sites is 1. The van der Waals surface area contributed by atoms with Crippen LogP contribution in [-0.4, -0.2) is 4.57 Å². The number of fused-ring (bicyclic) bond motifs is 7. The highest BCUT2D eigenvalue weighted by Crippen LogP contribution is 2.37. The number of rotatable bonds is 1. The number of benzene rings is 4. The Morgan fingerprint density at radius 1 is 0.667 bits per heavy atom. The van der Waals surface area contributed by atoms with Gasteiger partial charge in [-0.3, -0.25) is 0 Å². The van der Waals surface area contributed by atoms with E-state index in [1.54, 1.807) is 0 Å². The lowest BCUT2D eigenvalue weighted by molar-refractivity contribution is 0.827. The lowest BCUT2D eigenvalue weighted by Gasteiger charge is -2.21. The van der Waals surface area contributed by atoms with Crippen LogP contribution >= 0.6 is 0 Å². The molecule has 0 saturated heterocycles. The maximum atomic E-state index is 2.46. The summed E-state index contributed by atoms with van der Waals surface area (Å²) in [6, 6.07) is 27.2. The van der Waals surface area contributed by atoms with E-state index in [1.807, 2.05) is 0 Å². The van der Waals surface area contributed by atoms with Crippen LogP contribution in [0.4, 0.5) is 0 Å². The van der Waals surface area contributed by atoms with Crippen LogP contribution in [0, 0.1) is 0 Å². The molecule has 27 heavy (non-hydrogen) atoms. The standard InChI is InChI=1S/C26H21N/c1-2-27-25-10-6-5-9-21(25)24-15-20-12-11-19-13-17-7-3-4-8-18(17)14-22(19)23(20)16-26(24)27/h3-12,15-16H,2,13-14H2,1H3. The van der Waals surface area contributed by atoms with Crippen LogP contribution in [-0.2, 0) is 19.4 Å². The second-order valence-corrected chi connectivity index (χ2v) is 7.68. The van der Waals surface area contributed by atoms with Crippen molar-refractivity contribution < 1.29 is 0 Å². The van der Waals surface area contributed by atoms with Crippen molar-refractivity contribution in [3.05, 3.63) is 95.1 Å². The highest BCUT2D eigenvalue weighted by atomic mass is 15.0. The monoisotopic (exact) mass is 347 g/mol. The molecule has 0 radical (unpaired) electrons. The summed E-state index contributed by atoms with van der Waals surface area (Å²) in [5.74, 6) is 0. The summed E-state index contributed by atoms with van der Waals surface area (Å²) in [6.07, 6.45) is 2.09.